The molecular formula is C29H31F3N8O4S. The number of thiazole rings is 1. The zero-order valence-corrected chi connectivity index (χ0v) is 24.9. The largest absolute Gasteiger partial charge is 0.477 e. The first kappa shape index (κ1) is 33.1. The van der Waals surface area contributed by atoms with Crippen LogP contribution in [0.2, 0.25) is 0 Å². The summed E-state index contributed by atoms with van der Waals surface area (Å²) in [7, 11) is 0. The molecular weight excluding hydrogens is 613 g/mol. The summed E-state index contributed by atoms with van der Waals surface area (Å²) in [6.07, 6.45) is -1.69. The molecule has 1 fully saturated rings. The number of carbonyl (C=O) groups is 2. The number of aliphatic hydroxyl groups excluding tert-OH is 1. The van der Waals surface area contributed by atoms with Crippen molar-refractivity contribution < 1.29 is 33.0 Å². The van der Waals surface area contributed by atoms with Gasteiger partial charge in [-0.25, -0.2) is 19.7 Å². The number of alkyl halides is 3. The van der Waals surface area contributed by atoms with Gasteiger partial charge >= 0.3 is 12.1 Å². The molecule has 0 spiro atoms. The minimum Gasteiger partial charge on any atom is -0.477 e. The standard InChI is InChI=1S/C15H13F3N2O.C14H18N6O3S/c1-9-5-6-12(8-13(9)19)20-14(21)10-3-2-4-11(7-10)15(16,17)18;21-6-5-19-1-3-20(4-2-19)12-7-11(16-9-17-12)18-14-15-8-10(24-14)13(22)23/h2-8H,19H2,1H3,(H,20,21);7-9,21H,1-6H2,(H,22,23)(H,15,16,17,18). The van der Waals surface area contributed by atoms with E-state index in [-0.39, 0.29) is 17.0 Å². The first-order chi connectivity index (χ1) is 21.4. The van der Waals surface area contributed by atoms with E-state index in [1.54, 1.807) is 18.2 Å². The second kappa shape index (κ2) is 14.8. The number of hydrogen-bond donors (Lipinski definition) is 5. The number of piperazine rings is 1. The van der Waals surface area contributed by atoms with Crippen molar-refractivity contribution in [1.29, 1.82) is 0 Å². The van der Waals surface area contributed by atoms with Gasteiger partial charge in [0, 0.05) is 55.7 Å². The summed E-state index contributed by atoms with van der Waals surface area (Å²) in [4.78, 5) is 39.9. The topological polar surface area (TPSA) is 170 Å². The maximum Gasteiger partial charge on any atom is 0.416 e. The van der Waals surface area contributed by atoms with Gasteiger partial charge in [-0.3, -0.25) is 9.69 Å². The molecule has 0 aliphatic carbocycles. The Morgan fingerprint density at radius 3 is 2.44 bits per heavy atom. The number of nitrogen functional groups attached to an aromatic ring is 1. The predicted molar refractivity (Wildman–Crippen MR) is 165 cm³/mol. The lowest BCUT2D eigenvalue weighted by Crippen LogP contribution is -2.47. The lowest BCUT2D eigenvalue weighted by molar-refractivity contribution is -0.137. The van der Waals surface area contributed by atoms with E-state index < -0.39 is 23.6 Å². The Kier molecular flexibility index (Phi) is 10.9. The van der Waals surface area contributed by atoms with Crippen LogP contribution < -0.4 is 21.3 Å². The molecule has 2 aromatic carbocycles. The molecule has 0 saturated carbocycles. The van der Waals surface area contributed by atoms with Crippen LogP contribution in [0.4, 0.5) is 41.3 Å². The zero-order chi connectivity index (χ0) is 32.6. The van der Waals surface area contributed by atoms with Crippen LogP contribution in [0.25, 0.3) is 0 Å². The van der Waals surface area contributed by atoms with Gasteiger partial charge in [0.15, 0.2) is 5.13 Å². The fourth-order valence-corrected chi connectivity index (χ4v) is 4.89. The third kappa shape index (κ3) is 9.34. The maximum atomic E-state index is 12.6. The van der Waals surface area contributed by atoms with Crippen LogP contribution in [0.1, 0.15) is 31.2 Å². The fraction of sp³-hybridized carbons (Fsp3) is 0.276. The van der Waals surface area contributed by atoms with Crippen molar-refractivity contribution in [1.82, 2.24) is 19.9 Å². The van der Waals surface area contributed by atoms with Crippen molar-refractivity contribution in [2.45, 2.75) is 13.1 Å². The smallest absolute Gasteiger partial charge is 0.416 e. The van der Waals surface area contributed by atoms with Crippen molar-refractivity contribution in [3.8, 4) is 0 Å². The molecule has 3 heterocycles. The van der Waals surface area contributed by atoms with Gasteiger partial charge in [-0.15, -0.1) is 0 Å². The molecule has 0 radical (unpaired) electrons. The highest BCUT2D eigenvalue weighted by atomic mass is 32.1. The molecule has 1 amide bonds. The Bertz CT molecular complexity index is 1630. The second-order valence-electron chi connectivity index (χ2n) is 9.88. The highest BCUT2D eigenvalue weighted by Crippen LogP contribution is 2.30. The number of nitrogens with two attached hydrogens (primary N) is 1. The Hall–Kier alpha value is -4.80. The molecule has 16 heteroatoms. The van der Waals surface area contributed by atoms with Gasteiger partial charge in [0.2, 0.25) is 0 Å². The molecule has 0 unspecified atom stereocenters. The lowest BCUT2D eigenvalue weighted by Gasteiger charge is -2.35. The summed E-state index contributed by atoms with van der Waals surface area (Å²) in [6.45, 7) is 6.10. The molecule has 1 saturated heterocycles. The Morgan fingerprint density at radius 1 is 1.04 bits per heavy atom. The van der Waals surface area contributed by atoms with Crippen LogP contribution in [-0.4, -0.2) is 81.3 Å². The van der Waals surface area contributed by atoms with Crippen molar-refractivity contribution in [3.63, 3.8) is 0 Å². The summed E-state index contributed by atoms with van der Waals surface area (Å²) in [5.74, 6) is -0.232. The van der Waals surface area contributed by atoms with Crippen molar-refractivity contribution in [3.05, 3.63) is 82.6 Å². The molecule has 4 aromatic rings. The normalized spacial score (nSPS) is 13.5. The Labute approximate surface area is 260 Å². The number of aliphatic hydroxyl groups is 1. The Morgan fingerprint density at radius 2 is 1.80 bits per heavy atom. The van der Waals surface area contributed by atoms with E-state index >= 15 is 0 Å². The van der Waals surface area contributed by atoms with Crippen molar-refractivity contribution in [2.75, 3.05) is 60.6 Å². The average molecular weight is 645 g/mol. The van der Waals surface area contributed by atoms with E-state index in [4.69, 9.17) is 15.9 Å². The first-order valence-corrected chi connectivity index (χ1v) is 14.5. The van der Waals surface area contributed by atoms with E-state index in [1.807, 2.05) is 13.0 Å². The quantitative estimate of drug-likeness (QED) is 0.173. The summed E-state index contributed by atoms with van der Waals surface area (Å²) in [5, 5.41) is 23.9. The second-order valence-corrected chi connectivity index (χ2v) is 10.9. The number of carboxylic acid groups (broad SMARTS) is 1. The van der Waals surface area contributed by atoms with Crippen molar-refractivity contribution in [2.24, 2.45) is 0 Å². The van der Waals surface area contributed by atoms with Crippen molar-refractivity contribution >= 4 is 51.4 Å². The number of nitrogens with one attached hydrogen (secondary N) is 2. The van der Waals surface area contributed by atoms with Crippen LogP contribution in [0.15, 0.2) is 61.1 Å². The van der Waals surface area contributed by atoms with Crippen LogP contribution in [0.5, 0.6) is 0 Å². The van der Waals surface area contributed by atoms with Crippen LogP contribution in [-0.2, 0) is 6.18 Å². The number of halogens is 3. The fourth-order valence-electron chi connectivity index (χ4n) is 4.23. The van der Waals surface area contributed by atoms with Crippen LogP contribution in [0.3, 0.4) is 0 Å². The molecule has 5 rings (SSSR count). The van der Waals surface area contributed by atoms with Crippen LogP contribution in [0, 0.1) is 6.92 Å². The summed E-state index contributed by atoms with van der Waals surface area (Å²) in [6, 6.07) is 11.0. The molecule has 6 N–H and O–H groups in total. The molecule has 0 atom stereocenters. The molecule has 1 aliphatic rings. The minimum atomic E-state index is -4.48. The number of anilines is 5. The van der Waals surface area contributed by atoms with Gasteiger partial charge < -0.3 is 31.5 Å². The number of β-amino-alcohol motifs (C(OH)–C–C–N with tert-alkyl or cyclic N) is 1. The number of aromatic carboxylic acids is 1. The molecule has 45 heavy (non-hydrogen) atoms. The predicted octanol–water partition coefficient (Wildman–Crippen LogP) is 4.34. The number of benzene rings is 2. The number of rotatable bonds is 8. The Balaban J connectivity index is 0.000000207. The van der Waals surface area contributed by atoms with E-state index in [1.165, 1.54) is 24.7 Å². The monoisotopic (exact) mass is 644 g/mol. The van der Waals surface area contributed by atoms with Gasteiger partial charge in [-0.1, -0.05) is 23.5 Å². The lowest BCUT2D eigenvalue weighted by atomic mass is 10.1. The van der Waals surface area contributed by atoms with E-state index in [0.29, 0.717) is 28.9 Å². The number of nitrogens with zero attached hydrogens (tertiary/aromatic N) is 5. The highest BCUT2D eigenvalue weighted by Gasteiger charge is 2.31. The summed E-state index contributed by atoms with van der Waals surface area (Å²) >= 11 is 1.06. The van der Waals surface area contributed by atoms with E-state index in [2.05, 4.69) is 35.4 Å². The number of aryl methyl sites for hydroxylation is 1. The van der Waals surface area contributed by atoms with Gasteiger partial charge in [0.05, 0.1) is 18.4 Å². The highest BCUT2D eigenvalue weighted by molar-refractivity contribution is 7.17. The van der Waals surface area contributed by atoms with E-state index in [0.717, 1.165) is 61.0 Å². The summed E-state index contributed by atoms with van der Waals surface area (Å²) < 4.78 is 37.8. The van der Waals surface area contributed by atoms with Gasteiger partial charge in [-0.2, -0.15) is 13.2 Å². The average Bonchev–Trinajstić information content (AvgIpc) is 3.49. The summed E-state index contributed by atoms with van der Waals surface area (Å²) in [5.41, 5.74) is 6.57. The van der Waals surface area contributed by atoms with Gasteiger partial charge in [0.25, 0.3) is 5.91 Å². The number of carbonyl (C=O) groups excluding carboxylic acids is 1. The minimum absolute atomic E-state index is 0.0658. The third-order valence-electron chi connectivity index (χ3n) is 6.71. The first-order valence-electron chi connectivity index (χ1n) is 13.6. The number of aromatic nitrogens is 3. The molecule has 12 nitrogen and oxygen atoms in total. The SMILES string of the molecule is Cc1ccc(NC(=O)c2cccc(C(F)(F)F)c2)cc1N.O=C(O)c1cnc(Nc2cc(N3CCN(CCO)CC3)ncn2)s1. The number of amides is 1. The molecule has 1 aliphatic heterocycles. The third-order valence-corrected chi connectivity index (χ3v) is 7.61. The molecule has 0 bridgehead atoms. The number of hydrogen-bond acceptors (Lipinski definition) is 11. The van der Waals surface area contributed by atoms with Crippen LogP contribution >= 0.6 is 11.3 Å². The van der Waals surface area contributed by atoms with Gasteiger partial charge in [-0.05, 0) is 42.8 Å². The maximum absolute atomic E-state index is 12.6. The van der Waals surface area contributed by atoms with E-state index in [9.17, 15) is 22.8 Å². The molecule has 238 valence electrons. The zero-order valence-electron chi connectivity index (χ0n) is 24.1. The van der Waals surface area contributed by atoms with Gasteiger partial charge in [0.1, 0.15) is 22.8 Å². The molecule has 2 aromatic heterocycles. The number of carboxylic acids is 1.